The van der Waals surface area contributed by atoms with Crippen molar-refractivity contribution in [3.05, 3.63) is 23.8 Å². The molecule has 1 aromatic rings. The maximum atomic E-state index is 13.7. The number of phenols is 2. The highest BCUT2D eigenvalue weighted by Gasteiger charge is 2.72. The van der Waals surface area contributed by atoms with Crippen LogP contribution < -0.4 is 16.0 Å². The Bertz CT molecular complexity index is 1350. The molecule has 0 aliphatic carbocycles. The highest BCUT2D eigenvalue weighted by molar-refractivity contribution is 8.01. The van der Waals surface area contributed by atoms with E-state index in [1.807, 2.05) is 0 Å². The molecule has 41 heavy (non-hydrogen) atoms. The Morgan fingerprint density at radius 1 is 1.12 bits per heavy atom. The summed E-state index contributed by atoms with van der Waals surface area (Å²) in [6, 6.07) is -0.933. The summed E-state index contributed by atoms with van der Waals surface area (Å²) in [6.07, 6.45) is 0.161. The lowest BCUT2D eigenvalue weighted by atomic mass is 9.91. The molecule has 0 unspecified atom stereocenters. The van der Waals surface area contributed by atoms with Crippen molar-refractivity contribution in [2.75, 3.05) is 19.6 Å². The molecular weight excluding hydrogens is 564 g/mol. The second kappa shape index (κ2) is 10.5. The van der Waals surface area contributed by atoms with Gasteiger partial charge in [-0.3, -0.25) is 28.9 Å². The monoisotopic (exact) mass is 592 g/mol. The van der Waals surface area contributed by atoms with E-state index in [0.717, 1.165) is 28.8 Å². The number of nitrogens with one attached hydrogen (secondary N) is 3. The fraction of sp³-hybridized carbons (Fsp3) is 0.458. The number of phenolic OH excluding ortho intramolecular Hbond substituents is 2. The van der Waals surface area contributed by atoms with E-state index in [9.17, 15) is 48.9 Å². The second-order valence-corrected chi connectivity index (χ2v) is 11.8. The molecule has 3 saturated heterocycles. The number of amides is 7. The first-order valence-corrected chi connectivity index (χ1v) is 13.3. The maximum absolute atomic E-state index is 13.7. The van der Waals surface area contributed by atoms with E-state index in [2.05, 4.69) is 16.0 Å². The molecule has 1 aromatic carbocycles. The van der Waals surface area contributed by atoms with Gasteiger partial charge < -0.3 is 41.1 Å². The van der Waals surface area contributed by atoms with Crippen molar-refractivity contribution in [2.24, 2.45) is 0 Å². The minimum atomic E-state index is -2.09. The lowest BCUT2D eigenvalue weighted by Gasteiger charge is -2.52. The quantitative estimate of drug-likeness (QED) is 0.0652. The van der Waals surface area contributed by atoms with Crippen molar-refractivity contribution in [1.29, 1.82) is 0 Å². The summed E-state index contributed by atoms with van der Waals surface area (Å²) in [5, 5.41) is 35.4. The normalized spacial score (nSPS) is 25.6. The van der Waals surface area contributed by atoms with Crippen LogP contribution in [0.1, 0.15) is 32.4 Å². The van der Waals surface area contributed by atoms with Crippen LogP contribution in [-0.2, 0) is 28.8 Å². The van der Waals surface area contributed by atoms with Crippen molar-refractivity contribution in [2.45, 2.75) is 48.6 Å². The van der Waals surface area contributed by atoms with Crippen molar-refractivity contribution in [1.82, 2.24) is 30.7 Å². The van der Waals surface area contributed by atoms with Crippen LogP contribution in [0.5, 0.6) is 11.5 Å². The number of piperazine rings is 1. The second-order valence-electron chi connectivity index (χ2n) is 10.1. The van der Waals surface area contributed by atoms with Crippen molar-refractivity contribution >= 4 is 53.8 Å². The molecule has 3 aliphatic rings. The number of thioether (sulfide) groups is 1. The average molecular weight is 593 g/mol. The third-order valence-electron chi connectivity index (χ3n) is 7.19. The smallest absolute Gasteiger partial charge is 0.327 e. The summed E-state index contributed by atoms with van der Waals surface area (Å²) in [6.45, 7) is 4.97. The van der Waals surface area contributed by atoms with E-state index in [1.54, 1.807) is 20.8 Å². The number of likely N-dealkylation sites (N-methyl/N-ethyl adjacent to an activating group) is 1. The zero-order chi connectivity index (χ0) is 30.4. The number of nitrogens with zero attached hydrogens (tertiary/aromatic N) is 3. The van der Waals surface area contributed by atoms with Gasteiger partial charge in [-0.25, -0.2) is 9.59 Å². The van der Waals surface area contributed by atoms with E-state index < -0.39 is 75.0 Å². The first kappa shape index (κ1) is 29.4. The lowest BCUT2D eigenvalue weighted by molar-refractivity contribution is -0.172. The number of carbonyl (C=O) groups is 7. The molecule has 0 aromatic heterocycles. The molecule has 16 nitrogen and oxygen atoms in total. The minimum absolute atomic E-state index is 0.0570. The third-order valence-corrected chi connectivity index (χ3v) is 8.82. The van der Waals surface area contributed by atoms with Gasteiger partial charge in [-0.2, -0.15) is 0 Å². The SMILES string of the molecule is CCN1CCN(C(=O)N[C@@H](C(=O)N[C@]2(NC=O)C(=O)N3[C@@H](C(=O)O)C(C)(C)S[C@@H]32)c2ccc(O)c(O)c2)C(=O)C1=O. The number of carboxylic acid groups (broad SMARTS) is 1. The van der Waals surface area contributed by atoms with Crippen molar-refractivity contribution in [3.63, 3.8) is 0 Å². The number of rotatable bonds is 8. The number of hydrogen-bond donors (Lipinski definition) is 6. The van der Waals surface area contributed by atoms with Crippen LogP contribution in [0.3, 0.4) is 0 Å². The Hall–Kier alpha value is -4.54. The summed E-state index contributed by atoms with van der Waals surface area (Å²) in [4.78, 5) is 91.4. The third kappa shape index (κ3) is 4.75. The Balaban J connectivity index is 1.65. The standard InChI is InChI=1S/C24H28N6O10S/c1-4-28-7-8-29(18(36)17(28)35)22(40)26-14(11-5-6-12(32)13(33)9-11)16(34)27-24(25-10-31)20(39)30-15(19(37)38)23(2,3)41-21(24)30/h5-6,9-10,14-15,21,32-33H,4,7-8H2,1-3H3,(H,25,31)(H,26,40)(H,27,34)(H,37,38)/t14-,15+,21-,24-/m1/s1. The van der Waals surface area contributed by atoms with E-state index >= 15 is 0 Å². The van der Waals surface area contributed by atoms with Gasteiger partial charge in [0.2, 0.25) is 18.0 Å². The van der Waals surface area contributed by atoms with Gasteiger partial charge in [0.1, 0.15) is 17.5 Å². The predicted molar refractivity (Wildman–Crippen MR) is 139 cm³/mol. The van der Waals surface area contributed by atoms with Gasteiger partial charge in [0.05, 0.1) is 0 Å². The van der Waals surface area contributed by atoms with E-state index in [4.69, 9.17) is 0 Å². The average Bonchev–Trinajstić information content (AvgIpc) is 3.18. The number of hydrogen-bond acceptors (Lipinski definition) is 10. The largest absolute Gasteiger partial charge is 0.504 e. The van der Waals surface area contributed by atoms with Crippen LogP contribution >= 0.6 is 11.8 Å². The van der Waals surface area contributed by atoms with E-state index in [1.165, 1.54) is 11.0 Å². The molecule has 0 saturated carbocycles. The number of carbonyl (C=O) groups excluding carboxylic acids is 6. The highest BCUT2D eigenvalue weighted by atomic mass is 32.2. The topological polar surface area (TPSA) is 226 Å². The molecule has 0 spiro atoms. The Kier molecular flexibility index (Phi) is 7.51. The summed E-state index contributed by atoms with van der Waals surface area (Å²) in [7, 11) is 0. The molecule has 17 heteroatoms. The van der Waals surface area contributed by atoms with Crippen molar-refractivity contribution < 1.29 is 48.9 Å². The van der Waals surface area contributed by atoms with Gasteiger partial charge in [0, 0.05) is 24.4 Å². The van der Waals surface area contributed by atoms with E-state index in [0.29, 0.717) is 4.90 Å². The van der Waals surface area contributed by atoms with Crippen LogP contribution in [0.25, 0.3) is 0 Å². The van der Waals surface area contributed by atoms with Crippen LogP contribution in [0.2, 0.25) is 0 Å². The molecule has 4 atom stereocenters. The number of imide groups is 1. The number of β-lactam (4-membered cyclic amide) rings is 1. The predicted octanol–water partition coefficient (Wildman–Crippen LogP) is -1.76. The molecule has 3 fully saturated rings. The van der Waals surface area contributed by atoms with Crippen LogP contribution in [-0.4, -0.2) is 114 Å². The maximum Gasteiger partial charge on any atom is 0.327 e. The first-order chi connectivity index (χ1) is 19.2. The Labute approximate surface area is 237 Å². The van der Waals surface area contributed by atoms with Gasteiger partial charge in [0.25, 0.3) is 5.91 Å². The number of fused-ring (bicyclic) bond motifs is 1. The molecule has 4 rings (SSSR count). The fourth-order valence-electron chi connectivity index (χ4n) is 5.09. The van der Waals surface area contributed by atoms with Crippen LogP contribution in [0.15, 0.2) is 18.2 Å². The fourth-order valence-corrected chi connectivity index (χ4v) is 6.75. The lowest BCUT2D eigenvalue weighted by Crippen LogP contribution is -2.85. The van der Waals surface area contributed by atoms with Gasteiger partial charge >= 0.3 is 23.8 Å². The number of benzene rings is 1. The summed E-state index contributed by atoms with van der Waals surface area (Å²) in [5.74, 6) is -6.52. The Morgan fingerprint density at radius 3 is 2.39 bits per heavy atom. The highest BCUT2D eigenvalue weighted by Crippen LogP contribution is 2.54. The van der Waals surface area contributed by atoms with Crippen LogP contribution in [0.4, 0.5) is 4.79 Å². The summed E-state index contributed by atoms with van der Waals surface area (Å²) < 4.78 is -1.01. The zero-order valence-electron chi connectivity index (χ0n) is 22.1. The number of aliphatic carboxylic acids is 1. The molecular formula is C24H28N6O10S. The number of aromatic hydroxyl groups is 2. The molecule has 7 amide bonds. The molecule has 3 aliphatic heterocycles. The summed E-state index contributed by atoms with van der Waals surface area (Å²) >= 11 is 1.03. The van der Waals surface area contributed by atoms with Gasteiger partial charge in [-0.1, -0.05) is 6.07 Å². The minimum Gasteiger partial charge on any atom is -0.504 e. The van der Waals surface area contributed by atoms with Crippen LogP contribution in [0, 0.1) is 0 Å². The number of urea groups is 1. The van der Waals surface area contributed by atoms with Gasteiger partial charge in [-0.05, 0) is 38.5 Å². The molecule has 220 valence electrons. The first-order valence-electron chi connectivity index (χ1n) is 12.4. The molecule has 3 heterocycles. The molecule has 0 radical (unpaired) electrons. The summed E-state index contributed by atoms with van der Waals surface area (Å²) in [5.41, 5.74) is -2.18. The van der Waals surface area contributed by atoms with E-state index in [-0.39, 0.29) is 31.6 Å². The van der Waals surface area contributed by atoms with Gasteiger partial charge in [0.15, 0.2) is 11.5 Å². The van der Waals surface area contributed by atoms with Crippen molar-refractivity contribution in [3.8, 4) is 11.5 Å². The zero-order valence-corrected chi connectivity index (χ0v) is 22.9. The Morgan fingerprint density at radius 2 is 1.80 bits per heavy atom. The molecule has 6 N–H and O–H groups in total. The number of carboxylic acids is 1. The molecule has 0 bridgehead atoms. The van der Waals surface area contributed by atoms with Gasteiger partial charge in [-0.15, -0.1) is 11.8 Å².